The molecule has 0 aromatic heterocycles. The molecule has 1 rings (SSSR count). The van der Waals surface area contributed by atoms with Crippen LogP contribution in [0.15, 0.2) is 43.0 Å². The van der Waals surface area contributed by atoms with Gasteiger partial charge in [0.05, 0.1) is 20.6 Å². The molecule has 0 heterocycles. The summed E-state index contributed by atoms with van der Waals surface area (Å²) in [7, 11) is 3.96. The lowest BCUT2D eigenvalue weighted by Crippen LogP contribution is -3.00. The number of likely N-dealkylation sites (N-methyl/N-ethyl adjacent to an activating group) is 1. The summed E-state index contributed by atoms with van der Waals surface area (Å²) in [6.07, 6.45) is 1.82. The normalized spacial score (nSPS) is 11.8. The Bertz CT molecular complexity index is 336. The van der Waals surface area contributed by atoms with Crippen LogP contribution < -0.4 is 17.0 Å². The Labute approximate surface area is 118 Å². The highest BCUT2D eigenvalue weighted by Crippen LogP contribution is 2.40. The van der Waals surface area contributed by atoms with Gasteiger partial charge in [0.1, 0.15) is 0 Å². The Morgan fingerprint density at radius 3 is 2.19 bits per heavy atom. The number of hydrogen-bond acceptors (Lipinski definition) is 0. The summed E-state index contributed by atoms with van der Waals surface area (Å²) in [5, 5.41) is 0. The lowest BCUT2D eigenvalue weighted by atomic mass is 10.2. The van der Waals surface area contributed by atoms with Gasteiger partial charge in [-0.2, -0.15) is 0 Å². The standard InChI is InChI=1S/C12H16Cl2N.BrH/c1-4-10-15(2,3)12(13,14)11-8-6-5-7-9-11;/h4-9H,1,10H2,2-3H3;1H/q+1;/p-1. The summed E-state index contributed by atoms with van der Waals surface area (Å²) < 4.78 is -0.501. The molecule has 1 aromatic rings. The fraction of sp³-hybridized carbons (Fsp3) is 0.333. The zero-order valence-corrected chi connectivity index (χ0v) is 12.6. The summed E-state index contributed by atoms with van der Waals surface area (Å²) in [6, 6.07) is 9.68. The first kappa shape index (κ1) is 16.0. The Hall–Kier alpha value is -0.0200. The van der Waals surface area contributed by atoms with Gasteiger partial charge in [-0.3, -0.25) is 4.48 Å². The van der Waals surface area contributed by atoms with E-state index in [1.54, 1.807) is 0 Å². The van der Waals surface area contributed by atoms with Crippen LogP contribution in [0.4, 0.5) is 0 Å². The van der Waals surface area contributed by atoms with Crippen molar-refractivity contribution >= 4 is 23.2 Å². The van der Waals surface area contributed by atoms with E-state index in [0.717, 1.165) is 5.56 Å². The molecule has 0 aliphatic carbocycles. The minimum Gasteiger partial charge on any atom is -1.00 e. The van der Waals surface area contributed by atoms with E-state index in [2.05, 4.69) is 6.58 Å². The van der Waals surface area contributed by atoms with Crippen molar-refractivity contribution in [3.05, 3.63) is 48.6 Å². The summed E-state index contributed by atoms with van der Waals surface area (Å²) in [5.74, 6) is 0. The van der Waals surface area contributed by atoms with Crippen LogP contribution in [-0.4, -0.2) is 25.1 Å². The number of nitrogens with zero attached hydrogens (tertiary/aromatic N) is 1. The molecule has 0 spiro atoms. The number of halogens is 3. The summed E-state index contributed by atoms with van der Waals surface area (Å²) in [4.78, 5) is 0. The summed E-state index contributed by atoms with van der Waals surface area (Å²) in [6.45, 7) is 4.43. The molecule has 0 radical (unpaired) electrons. The number of benzene rings is 1. The highest BCUT2D eigenvalue weighted by Gasteiger charge is 2.43. The van der Waals surface area contributed by atoms with Gasteiger partial charge in [-0.25, -0.2) is 0 Å². The highest BCUT2D eigenvalue weighted by atomic mass is 79.9. The predicted octanol–water partition coefficient (Wildman–Crippen LogP) is 0.541. The van der Waals surface area contributed by atoms with Crippen molar-refractivity contribution in [1.29, 1.82) is 0 Å². The third kappa shape index (κ3) is 3.24. The maximum absolute atomic E-state index is 6.42. The lowest BCUT2D eigenvalue weighted by molar-refractivity contribution is -0.914. The second-order valence-electron chi connectivity index (χ2n) is 4.06. The molecule has 0 unspecified atom stereocenters. The van der Waals surface area contributed by atoms with Crippen molar-refractivity contribution in [1.82, 2.24) is 0 Å². The first-order valence-corrected chi connectivity index (χ1v) is 5.55. The molecule has 0 aliphatic rings. The Balaban J connectivity index is 0.00000225. The molecule has 0 saturated heterocycles. The van der Waals surface area contributed by atoms with Crippen molar-refractivity contribution in [2.24, 2.45) is 0 Å². The fourth-order valence-corrected chi connectivity index (χ4v) is 1.82. The van der Waals surface area contributed by atoms with E-state index < -0.39 is 4.46 Å². The molecule has 0 N–H and O–H groups in total. The molecule has 16 heavy (non-hydrogen) atoms. The average Bonchev–Trinajstić information content (AvgIpc) is 2.19. The zero-order valence-electron chi connectivity index (χ0n) is 9.46. The number of alkyl halides is 2. The lowest BCUT2D eigenvalue weighted by Gasteiger charge is -2.39. The number of hydrogen-bond donors (Lipinski definition) is 0. The van der Waals surface area contributed by atoms with E-state index >= 15 is 0 Å². The van der Waals surface area contributed by atoms with Crippen LogP contribution in [0, 0.1) is 0 Å². The maximum atomic E-state index is 6.42. The molecule has 0 saturated carbocycles. The van der Waals surface area contributed by atoms with Gasteiger partial charge in [-0.1, -0.05) is 24.8 Å². The molecule has 0 fully saturated rings. The Kier molecular flexibility index (Phi) is 6.05. The minimum atomic E-state index is -0.949. The Morgan fingerprint density at radius 2 is 1.75 bits per heavy atom. The largest absolute Gasteiger partial charge is 1.00 e. The van der Waals surface area contributed by atoms with E-state index in [9.17, 15) is 0 Å². The molecule has 1 nitrogen and oxygen atoms in total. The van der Waals surface area contributed by atoms with Crippen LogP contribution in [0.2, 0.25) is 0 Å². The molecule has 4 heteroatoms. The molecule has 0 aliphatic heterocycles. The maximum Gasteiger partial charge on any atom is 0.277 e. The predicted molar refractivity (Wildman–Crippen MR) is 67.0 cm³/mol. The van der Waals surface area contributed by atoms with Crippen molar-refractivity contribution in [2.45, 2.75) is 4.46 Å². The van der Waals surface area contributed by atoms with Crippen molar-refractivity contribution in [3.63, 3.8) is 0 Å². The molecule has 0 amide bonds. The quantitative estimate of drug-likeness (QED) is 0.328. The molecule has 0 bridgehead atoms. The van der Waals surface area contributed by atoms with Gasteiger partial charge in [0.15, 0.2) is 0 Å². The zero-order chi connectivity index (χ0) is 11.5. The van der Waals surface area contributed by atoms with E-state index in [-0.39, 0.29) is 17.0 Å². The second-order valence-corrected chi connectivity index (χ2v) is 5.35. The van der Waals surface area contributed by atoms with E-state index in [0.29, 0.717) is 11.0 Å². The number of quaternary nitrogens is 1. The monoisotopic (exact) mass is 323 g/mol. The summed E-state index contributed by atoms with van der Waals surface area (Å²) >= 11 is 12.8. The molecule has 1 aromatic carbocycles. The topological polar surface area (TPSA) is 0 Å². The molecule has 90 valence electrons. The van der Waals surface area contributed by atoms with Crippen LogP contribution in [0.3, 0.4) is 0 Å². The minimum absolute atomic E-state index is 0. The van der Waals surface area contributed by atoms with Gasteiger partial charge < -0.3 is 17.0 Å². The van der Waals surface area contributed by atoms with Gasteiger partial charge in [-0.05, 0) is 41.4 Å². The highest BCUT2D eigenvalue weighted by molar-refractivity contribution is 6.46. The number of rotatable bonds is 4. The van der Waals surface area contributed by atoms with Crippen molar-refractivity contribution in [2.75, 3.05) is 20.6 Å². The smallest absolute Gasteiger partial charge is 0.277 e. The first-order valence-electron chi connectivity index (χ1n) is 4.79. The van der Waals surface area contributed by atoms with Gasteiger partial charge >= 0.3 is 0 Å². The second kappa shape index (κ2) is 6.06. The van der Waals surface area contributed by atoms with Gasteiger partial charge in [0, 0.05) is 5.56 Å². The molecular weight excluding hydrogens is 309 g/mol. The van der Waals surface area contributed by atoms with E-state index in [1.807, 2.05) is 50.5 Å². The molecular formula is C12H16BrCl2N. The van der Waals surface area contributed by atoms with Gasteiger partial charge in [0.2, 0.25) is 0 Å². The summed E-state index contributed by atoms with van der Waals surface area (Å²) in [5.41, 5.74) is 0.903. The SMILES string of the molecule is C=CC[N+](C)(C)C(Cl)(Cl)c1ccccc1.[Br-]. The van der Waals surface area contributed by atoms with Crippen LogP contribution in [-0.2, 0) is 4.46 Å². The van der Waals surface area contributed by atoms with Gasteiger partial charge in [0.25, 0.3) is 4.46 Å². The van der Waals surface area contributed by atoms with Crippen LogP contribution in [0.1, 0.15) is 5.56 Å². The third-order valence-electron chi connectivity index (χ3n) is 2.47. The third-order valence-corrected chi connectivity index (χ3v) is 3.82. The van der Waals surface area contributed by atoms with E-state index in [1.165, 1.54) is 0 Å². The van der Waals surface area contributed by atoms with Crippen LogP contribution in [0.25, 0.3) is 0 Å². The van der Waals surface area contributed by atoms with Crippen molar-refractivity contribution in [3.8, 4) is 0 Å². The van der Waals surface area contributed by atoms with Crippen molar-refractivity contribution < 1.29 is 21.5 Å². The van der Waals surface area contributed by atoms with Crippen LogP contribution in [0.5, 0.6) is 0 Å². The van der Waals surface area contributed by atoms with E-state index in [4.69, 9.17) is 23.2 Å². The Morgan fingerprint density at radius 1 is 1.25 bits per heavy atom. The average molecular weight is 325 g/mol. The van der Waals surface area contributed by atoms with Gasteiger partial charge in [-0.15, -0.1) is 0 Å². The first-order chi connectivity index (χ1) is 6.92. The molecule has 0 atom stereocenters. The van der Waals surface area contributed by atoms with Crippen LogP contribution >= 0.6 is 23.2 Å². The fourth-order valence-electron chi connectivity index (χ4n) is 1.43.